The lowest BCUT2D eigenvalue weighted by molar-refractivity contribution is -0.137. The summed E-state index contributed by atoms with van der Waals surface area (Å²) in [5.74, 6) is 0. The van der Waals surface area contributed by atoms with E-state index < -0.39 is 17.5 Å². The summed E-state index contributed by atoms with van der Waals surface area (Å²) in [6.45, 7) is 0. The molecular formula is C11H3F3IN5. The van der Waals surface area contributed by atoms with Crippen LogP contribution >= 0.6 is 22.6 Å². The Kier molecular flexibility index (Phi) is 4.89. The van der Waals surface area contributed by atoms with Crippen LogP contribution in [-0.4, -0.2) is 5.71 Å². The number of nitriles is 3. The molecule has 0 heterocycles. The number of halogens is 4. The molecule has 100 valence electrons. The van der Waals surface area contributed by atoms with Crippen molar-refractivity contribution < 1.29 is 13.2 Å². The van der Waals surface area contributed by atoms with Gasteiger partial charge in [-0.1, -0.05) is 0 Å². The molecule has 0 radical (unpaired) electrons. The largest absolute Gasteiger partial charge is 0.416 e. The van der Waals surface area contributed by atoms with Crippen molar-refractivity contribution in [2.45, 2.75) is 6.18 Å². The molecule has 0 saturated carbocycles. The summed E-state index contributed by atoms with van der Waals surface area (Å²) >= 11 is 1.60. The maximum atomic E-state index is 12.6. The minimum atomic E-state index is -4.57. The van der Waals surface area contributed by atoms with Gasteiger partial charge in [0.15, 0.2) is 0 Å². The van der Waals surface area contributed by atoms with Gasteiger partial charge in [0, 0.05) is 3.57 Å². The Morgan fingerprint density at radius 1 is 1.20 bits per heavy atom. The van der Waals surface area contributed by atoms with Gasteiger partial charge in [-0.05, 0) is 34.7 Å². The molecule has 0 aliphatic carbocycles. The van der Waals surface area contributed by atoms with Gasteiger partial charge < -0.3 is 0 Å². The van der Waals surface area contributed by atoms with Gasteiger partial charge in [0.05, 0.1) is 16.8 Å². The lowest BCUT2D eigenvalue weighted by Gasteiger charge is -2.11. The zero-order chi connectivity index (χ0) is 15.3. The first kappa shape index (κ1) is 15.7. The number of nitrogens with one attached hydrogen (secondary N) is 1. The first-order valence-corrected chi connectivity index (χ1v) is 5.86. The fourth-order valence-electron chi connectivity index (χ4n) is 1.16. The summed E-state index contributed by atoms with van der Waals surface area (Å²) in [6, 6.07) is 6.05. The van der Waals surface area contributed by atoms with Gasteiger partial charge in [-0.15, -0.1) is 0 Å². The van der Waals surface area contributed by atoms with Gasteiger partial charge in [0.2, 0.25) is 5.71 Å². The summed E-state index contributed by atoms with van der Waals surface area (Å²) < 4.78 is 37.9. The Labute approximate surface area is 125 Å². The van der Waals surface area contributed by atoms with Crippen LogP contribution in [0.25, 0.3) is 0 Å². The second-order valence-corrected chi connectivity index (χ2v) is 4.45. The van der Waals surface area contributed by atoms with Gasteiger partial charge in [-0.25, -0.2) is 0 Å². The minimum Gasteiger partial charge on any atom is -0.274 e. The van der Waals surface area contributed by atoms with E-state index in [1.807, 2.05) is 0 Å². The van der Waals surface area contributed by atoms with Crippen LogP contribution in [0.15, 0.2) is 17.2 Å². The van der Waals surface area contributed by atoms with E-state index in [-0.39, 0.29) is 14.8 Å². The SMILES string of the molecule is N#CC(C#N)=NNc1c(I)cc(C(F)(F)F)cc1C#N. The van der Waals surface area contributed by atoms with E-state index in [2.05, 4.69) is 10.5 Å². The van der Waals surface area contributed by atoms with Crippen molar-refractivity contribution in [1.29, 1.82) is 15.8 Å². The number of alkyl halides is 3. The number of anilines is 1. The molecule has 1 aromatic rings. The van der Waals surface area contributed by atoms with Crippen LogP contribution in [0.5, 0.6) is 0 Å². The molecule has 0 bridgehead atoms. The number of hydrazone groups is 1. The molecule has 0 aliphatic heterocycles. The van der Waals surface area contributed by atoms with Crippen LogP contribution in [-0.2, 0) is 6.18 Å². The minimum absolute atomic E-state index is 0.00380. The van der Waals surface area contributed by atoms with Crippen LogP contribution in [0, 0.1) is 37.6 Å². The topological polar surface area (TPSA) is 95.8 Å². The van der Waals surface area contributed by atoms with Gasteiger partial charge >= 0.3 is 6.18 Å². The summed E-state index contributed by atoms with van der Waals surface area (Å²) in [4.78, 5) is 0. The molecule has 1 N–H and O–H groups in total. The van der Waals surface area contributed by atoms with Gasteiger partial charge in [-0.3, -0.25) is 5.43 Å². The third-order valence-electron chi connectivity index (χ3n) is 2.03. The third kappa shape index (κ3) is 3.59. The monoisotopic (exact) mass is 389 g/mol. The molecular weight excluding hydrogens is 386 g/mol. The molecule has 0 saturated heterocycles. The van der Waals surface area contributed by atoms with Gasteiger partial charge in [-0.2, -0.15) is 34.1 Å². The maximum Gasteiger partial charge on any atom is 0.416 e. The number of hydrogen-bond acceptors (Lipinski definition) is 5. The van der Waals surface area contributed by atoms with E-state index >= 15 is 0 Å². The molecule has 1 aromatic carbocycles. The Hall–Kier alpha value is -2.32. The maximum absolute atomic E-state index is 12.6. The molecule has 9 heteroatoms. The van der Waals surface area contributed by atoms with E-state index in [0.29, 0.717) is 6.07 Å². The number of hydrogen-bond donors (Lipinski definition) is 1. The normalized spacial score (nSPS) is 9.85. The van der Waals surface area contributed by atoms with E-state index in [0.717, 1.165) is 6.07 Å². The molecule has 0 fully saturated rings. The first-order valence-electron chi connectivity index (χ1n) is 4.78. The quantitative estimate of drug-likeness (QED) is 0.478. The first-order chi connectivity index (χ1) is 9.33. The number of nitrogens with zero attached hydrogens (tertiary/aromatic N) is 4. The van der Waals surface area contributed by atoms with E-state index in [1.165, 1.54) is 12.1 Å². The molecule has 0 aliphatic rings. The fraction of sp³-hybridized carbons (Fsp3) is 0.0909. The van der Waals surface area contributed by atoms with Crippen molar-refractivity contribution in [3.8, 4) is 18.2 Å². The Morgan fingerprint density at radius 3 is 2.25 bits per heavy atom. The zero-order valence-corrected chi connectivity index (χ0v) is 11.6. The Morgan fingerprint density at radius 2 is 1.80 bits per heavy atom. The lowest BCUT2D eigenvalue weighted by Crippen LogP contribution is -2.08. The Balaban J connectivity index is 3.31. The highest BCUT2D eigenvalue weighted by atomic mass is 127. The van der Waals surface area contributed by atoms with Crippen LogP contribution in [0.2, 0.25) is 0 Å². The molecule has 1 rings (SSSR count). The van der Waals surface area contributed by atoms with E-state index in [9.17, 15) is 13.2 Å². The summed E-state index contributed by atoms with van der Waals surface area (Å²) in [5.41, 5.74) is 0.500. The van der Waals surface area contributed by atoms with Crippen molar-refractivity contribution >= 4 is 34.0 Å². The van der Waals surface area contributed by atoms with Crippen LogP contribution < -0.4 is 5.43 Å². The van der Waals surface area contributed by atoms with Crippen LogP contribution in [0.3, 0.4) is 0 Å². The second kappa shape index (κ2) is 6.22. The molecule has 0 atom stereocenters. The molecule has 0 unspecified atom stereocenters. The highest BCUT2D eigenvalue weighted by Crippen LogP contribution is 2.34. The molecule has 0 spiro atoms. The highest BCUT2D eigenvalue weighted by molar-refractivity contribution is 14.1. The lowest BCUT2D eigenvalue weighted by atomic mass is 10.1. The van der Waals surface area contributed by atoms with Crippen molar-refractivity contribution in [3.05, 3.63) is 26.8 Å². The molecule has 20 heavy (non-hydrogen) atoms. The highest BCUT2D eigenvalue weighted by Gasteiger charge is 2.32. The zero-order valence-electron chi connectivity index (χ0n) is 9.46. The third-order valence-corrected chi connectivity index (χ3v) is 2.88. The molecule has 0 aromatic heterocycles. The fourth-order valence-corrected chi connectivity index (χ4v) is 1.91. The van der Waals surface area contributed by atoms with Crippen LogP contribution in [0.4, 0.5) is 18.9 Å². The second-order valence-electron chi connectivity index (χ2n) is 3.29. The predicted octanol–water partition coefficient (Wildman–Crippen LogP) is 3.00. The summed E-state index contributed by atoms with van der Waals surface area (Å²) in [5, 5.41) is 29.3. The number of benzene rings is 1. The van der Waals surface area contributed by atoms with Gasteiger partial charge in [0.1, 0.15) is 18.2 Å². The number of rotatable bonds is 2. The van der Waals surface area contributed by atoms with Crippen LogP contribution in [0.1, 0.15) is 11.1 Å². The average molecular weight is 389 g/mol. The van der Waals surface area contributed by atoms with Crippen molar-refractivity contribution in [2.24, 2.45) is 5.10 Å². The Bertz CT molecular complexity index is 672. The summed E-state index contributed by atoms with van der Waals surface area (Å²) in [7, 11) is 0. The standard InChI is InChI=1S/C11H3F3IN5/c12-11(13,14)7-1-6(3-16)10(9(15)2-7)20-19-8(4-17)5-18/h1-2,20H. The van der Waals surface area contributed by atoms with E-state index in [4.69, 9.17) is 15.8 Å². The van der Waals surface area contributed by atoms with E-state index in [1.54, 1.807) is 28.7 Å². The average Bonchev–Trinajstić information content (AvgIpc) is 2.39. The van der Waals surface area contributed by atoms with Crippen molar-refractivity contribution in [3.63, 3.8) is 0 Å². The van der Waals surface area contributed by atoms with Crippen molar-refractivity contribution in [2.75, 3.05) is 5.43 Å². The smallest absolute Gasteiger partial charge is 0.274 e. The summed E-state index contributed by atoms with van der Waals surface area (Å²) in [6.07, 6.45) is -4.57. The van der Waals surface area contributed by atoms with Crippen molar-refractivity contribution in [1.82, 2.24) is 0 Å². The molecule has 0 amide bonds. The predicted molar refractivity (Wildman–Crippen MR) is 71.2 cm³/mol. The van der Waals surface area contributed by atoms with Gasteiger partial charge in [0.25, 0.3) is 0 Å². The molecule has 5 nitrogen and oxygen atoms in total.